The molecule has 0 N–H and O–H groups in total. The van der Waals surface area contributed by atoms with Gasteiger partial charge in [0.25, 0.3) is 0 Å². The molecule has 0 radical (unpaired) electrons. The van der Waals surface area contributed by atoms with E-state index in [1.54, 1.807) is 19.0 Å². The van der Waals surface area contributed by atoms with Crippen molar-refractivity contribution in [1.82, 2.24) is 9.21 Å². The molecule has 4 nitrogen and oxygen atoms in total. The van der Waals surface area contributed by atoms with Crippen molar-refractivity contribution < 1.29 is 22.4 Å². The Labute approximate surface area is 258 Å². The van der Waals surface area contributed by atoms with Gasteiger partial charge < -0.3 is 9.32 Å². The second kappa shape index (κ2) is 13.3. The zero-order valence-corrected chi connectivity index (χ0v) is 25.7. The van der Waals surface area contributed by atoms with Crippen LogP contribution in [-0.4, -0.2) is 35.0 Å². The molecular formula is C34H31F3N2O2S2. The summed E-state index contributed by atoms with van der Waals surface area (Å²) < 4.78 is 47.0. The Kier molecular flexibility index (Phi) is 9.54. The van der Waals surface area contributed by atoms with Crippen LogP contribution < -0.4 is 0 Å². The molecule has 222 valence electrons. The van der Waals surface area contributed by atoms with Gasteiger partial charge in [-0.05, 0) is 76.2 Å². The van der Waals surface area contributed by atoms with Crippen LogP contribution in [0.1, 0.15) is 22.6 Å². The highest BCUT2D eigenvalue weighted by molar-refractivity contribution is 8.00. The van der Waals surface area contributed by atoms with E-state index in [-0.39, 0.29) is 18.2 Å². The molecule has 0 spiro atoms. The van der Waals surface area contributed by atoms with Crippen LogP contribution in [0.15, 0.2) is 111 Å². The summed E-state index contributed by atoms with van der Waals surface area (Å²) in [5, 5.41) is 2.19. The summed E-state index contributed by atoms with van der Waals surface area (Å²) in [7, 11) is 3.50. The molecule has 1 aromatic heterocycles. The van der Waals surface area contributed by atoms with E-state index in [1.165, 1.54) is 29.8 Å². The zero-order valence-electron chi connectivity index (χ0n) is 24.0. The van der Waals surface area contributed by atoms with Gasteiger partial charge in [0.1, 0.15) is 5.76 Å². The van der Waals surface area contributed by atoms with Crippen LogP contribution in [0, 0.1) is 6.92 Å². The van der Waals surface area contributed by atoms with Gasteiger partial charge in [0.15, 0.2) is 0 Å². The van der Waals surface area contributed by atoms with Gasteiger partial charge in [-0.15, -0.1) is 11.8 Å². The summed E-state index contributed by atoms with van der Waals surface area (Å²) in [6.07, 6.45) is -4.53. The maximum atomic E-state index is 13.2. The van der Waals surface area contributed by atoms with Gasteiger partial charge >= 0.3 is 6.18 Å². The number of carbonyl (C=O) groups is 1. The molecule has 0 aliphatic carbocycles. The van der Waals surface area contributed by atoms with E-state index in [0.29, 0.717) is 12.3 Å². The van der Waals surface area contributed by atoms with Gasteiger partial charge in [0, 0.05) is 30.4 Å². The van der Waals surface area contributed by atoms with Gasteiger partial charge in [-0.1, -0.05) is 72.8 Å². The lowest BCUT2D eigenvalue weighted by Gasteiger charge is -2.22. The van der Waals surface area contributed by atoms with Crippen molar-refractivity contribution in [3.05, 3.63) is 120 Å². The van der Waals surface area contributed by atoms with E-state index >= 15 is 0 Å². The second-order valence-corrected chi connectivity index (χ2v) is 12.5. The molecule has 1 amide bonds. The molecule has 1 heterocycles. The normalized spacial score (nSPS) is 11.8. The van der Waals surface area contributed by atoms with Crippen LogP contribution in [0.25, 0.3) is 21.9 Å². The topological polar surface area (TPSA) is 36.7 Å². The summed E-state index contributed by atoms with van der Waals surface area (Å²) >= 11 is 3.03. The molecule has 0 bridgehead atoms. The first kappa shape index (κ1) is 30.8. The Bertz CT molecular complexity index is 1720. The average molecular weight is 621 g/mol. The van der Waals surface area contributed by atoms with Gasteiger partial charge in [0.05, 0.1) is 12.3 Å². The zero-order chi connectivity index (χ0) is 30.6. The molecule has 0 saturated heterocycles. The van der Waals surface area contributed by atoms with E-state index < -0.39 is 11.9 Å². The van der Waals surface area contributed by atoms with Gasteiger partial charge in [0.2, 0.25) is 11.7 Å². The van der Waals surface area contributed by atoms with Gasteiger partial charge in [-0.25, -0.2) is 4.31 Å². The number of benzene rings is 4. The maximum absolute atomic E-state index is 13.2. The van der Waals surface area contributed by atoms with Crippen molar-refractivity contribution >= 4 is 40.4 Å². The molecule has 0 atom stereocenters. The number of hydrogen-bond donors (Lipinski definition) is 0. The van der Waals surface area contributed by atoms with E-state index in [0.717, 1.165) is 48.9 Å². The fraction of sp³-hybridized carbons (Fsp3) is 0.206. The van der Waals surface area contributed by atoms with E-state index in [1.807, 2.05) is 65.8 Å². The third-order valence-corrected chi connectivity index (χ3v) is 9.13. The Balaban J connectivity index is 1.38. The highest BCUT2D eigenvalue weighted by atomic mass is 32.2. The predicted molar refractivity (Wildman–Crippen MR) is 169 cm³/mol. The first-order valence-corrected chi connectivity index (χ1v) is 15.4. The highest BCUT2D eigenvalue weighted by Gasteiger charge is 2.35. The van der Waals surface area contributed by atoms with Crippen molar-refractivity contribution in [2.45, 2.75) is 36.0 Å². The minimum Gasteiger partial charge on any atom is -0.455 e. The summed E-state index contributed by atoms with van der Waals surface area (Å²) in [6.45, 7) is 2.72. The number of thioether (sulfide) groups is 1. The molecule has 5 rings (SSSR count). The molecule has 4 aromatic carbocycles. The number of amides is 1. The third-order valence-electron chi connectivity index (χ3n) is 6.91. The van der Waals surface area contributed by atoms with Crippen molar-refractivity contribution in [2.24, 2.45) is 0 Å². The molecule has 0 fully saturated rings. The number of rotatable bonds is 10. The first-order chi connectivity index (χ1) is 20.6. The van der Waals surface area contributed by atoms with Gasteiger partial charge in [-0.2, -0.15) is 13.2 Å². The Morgan fingerprint density at radius 1 is 0.837 bits per heavy atom. The fourth-order valence-corrected chi connectivity index (χ4v) is 6.65. The highest BCUT2D eigenvalue weighted by Crippen LogP contribution is 2.37. The SMILES string of the molecule is Cc1ccc2ccccc2c1SN(Cc1ccc(-c2cccc(SCC(=O)N(C)C)c2)cc1)Cc1ccc(C(F)(F)F)o1. The Morgan fingerprint density at radius 2 is 1.60 bits per heavy atom. The molecule has 9 heteroatoms. The van der Waals surface area contributed by atoms with E-state index in [9.17, 15) is 18.0 Å². The minimum atomic E-state index is -4.53. The standard InChI is InChI=1S/C34H31F3N2O2S2/c1-23-11-14-26-7-4-5-10-30(26)33(23)43-39(21-28-17-18-31(41-28)34(35,36)37)20-24-12-15-25(16-13-24)27-8-6-9-29(19-27)42-22-32(40)38(2)3/h4-19H,20-22H2,1-3H3. The number of carbonyl (C=O) groups excluding carboxylic acids is 1. The number of hydrogen-bond acceptors (Lipinski definition) is 5. The monoisotopic (exact) mass is 620 g/mol. The van der Waals surface area contributed by atoms with Crippen molar-refractivity contribution in [3.8, 4) is 11.1 Å². The fourth-order valence-electron chi connectivity index (χ4n) is 4.56. The summed E-state index contributed by atoms with van der Waals surface area (Å²) in [5.74, 6) is -0.315. The Hall–Kier alpha value is -3.66. The van der Waals surface area contributed by atoms with E-state index in [2.05, 4.69) is 30.3 Å². The lowest BCUT2D eigenvalue weighted by Crippen LogP contribution is -2.23. The molecule has 5 aromatic rings. The number of furan rings is 1. The number of fused-ring (bicyclic) bond motifs is 1. The van der Waals surface area contributed by atoms with Crippen LogP contribution in [0.3, 0.4) is 0 Å². The molecule has 0 unspecified atom stereocenters. The maximum Gasteiger partial charge on any atom is 0.449 e. The van der Waals surface area contributed by atoms with Crippen molar-refractivity contribution in [2.75, 3.05) is 19.8 Å². The lowest BCUT2D eigenvalue weighted by atomic mass is 10.0. The van der Waals surface area contributed by atoms with Crippen LogP contribution in [0.4, 0.5) is 13.2 Å². The van der Waals surface area contributed by atoms with Crippen LogP contribution in [0.5, 0.6) is 0 Å². The van der Waals surface area contributed by atoms with Crippen molar-refractivity contribution in [3.63, 3.8) is 0 Å². The average Bonchev–Trinajstić information content (AvgIpc) is 3.47. The lowest BCUT2D eigenvalue weighted by molar-refractivity contribution is -0.153. The molecular weight excluding hydrogens is 590 g/mol. The molecule has 43 heavy (non-hydrogen) atoms. The minimum absolute atomic E-state index is 0.0602. The first-order valence-electron chi connectivity index (χ1n) is 13.7. The number of nitrogens with zero attached hydrogens (tertiary/aromatic N) is 2. The van der Waals surface area contributed by atoms with Crippen molar-refractivity contribution in [1.29, 1.82) is 0 Å². The third kappa shape index (κ3) is 7.84. The van der Waals surface area contributed by atoms with E-state index in [4.69, 9.17) is 4.42 Å². The number of halogens is 3. The second-order valence-electron chi connectivity index (χ2n) is 10.4. The molecule has 0 aliphatic heterocycles. The quantitative estimate of drug-likeness (QED) is 0.115. The van der Waals surface area contributed by atoms with Crippen LogP contribution in [0.2, 0.25) is 0 Å². The predicted octanol–water partition coefficient (Wildman–Crippen LogP) is 9.32. The molecule has 0 aliphatic rings. The van der Waals surface area contributed by atoms with Gasteiger partial charge in [-0.3, -0.25) is 4.79 Å². The number of alkyl halides is 3. The molecule has 0 saturated carbocycles. The smallest absolute Gasteiger partial charge is 0.449 e. The largest absolute Gasteiger partial charge is 0.455 e. The van der Waals surface area contributed by atoms with Crippen LogP contribution >= 0.6 is 23.7 Å². The Morgan fingerprint density at radius 3 is 2.33 bits per heavy atom. The summed E-state index contributed by atoms with van der Waals surface area (Å²) in [6, 6.07) is 30.9. The van der Waals surface area contributed by atoms with Crippen LogP contribution in [-0.2, 0) is 24.1 Å². The summed E-state index contributed by atoms with van der Waals surface area (Å²) in [4.78, 5) is 15.7. The summed E-state index contributed by atoms with van der Waals surface area (Å²) in [5.41, 5.74) is 4.18. The number of aryl methyl sites for hydroxylation is 1.